The number of phenols is 2. The summed E-state index contributed by atoms with van der Waals surface area (Å²) < 4.78 is 46.7. The molecule has 9 heteroatoms. The maximum Gasteiger partial charge on any atom is 0.334 e. The van der Waals surface area contributed by atoms with Crippen molar-refractivity contribution in [2.45, 2.75) is 79.0 Å². The molecule has 0 aromatic heterocycles. The summed E-state index contributed by atoms with van der Waals surface area (Å²) in [6, 6.07) is 15.1. The lowest BCUT2D eigenvalue weighted by Crippen LogP contribution is -2.17. The number of aryl methyl sites for hydroxylation is 2. The van der Waals surface area contributed by atoms with Crippen molar-refractivity contribution in [1.82, 2.24) is 0 Å². The molecular weight excluding hydrogens is 630 g/mol. The molecule has 6 rings (SSSR count). The second-order valence-corrected chi connectivity index (χ2v) is 19.3. The van der Waals surface area contributed by atoms with E-state index in [4.69, 9.17) is 13.6 Å². The Morgan fingerprint density at radius 3 is 1.70 bits per heavy atom. The van der Waals surface area contributed by atoms with Crippen LogP contribution in [0.25, 0.3) is 33.4 Å². The highest BCUT2D eigenvalue weighted by molar-refractivity contribution is 7.76. The molecule has 248 valence electrons. The molecule has 2 N–H and O–H groups in total. The summed E-state index contributed by atoms with van der Waals surface area (Å²) in [5.74, 6) is -0.0577. The topological polar surface area (TPSA) is 102 Å². The molecule has 0 aliphatic carbocycles. The third-order valence-electron chi connectivity index (χ3n) is 9.71. The lowest BCUT2D eigenvalue weighted by atomic mass is 9.81. The monoisotopic (exact) mass is 674 g/mol. The van der Waals surface area contributed by atoms with Crippen LogP contribution in [0.4, 0.5) is 0 Å². The summed E-state index contributed by atoms with van der Waals surface area (Å²) in [5.41, 5.74) is 8.58. The van der Waals surface area contributed by atoms with E-state index in [2.05, 4.69) is 59.7 Å². The van der Waals surface area contributed by atoms with Gasteiger partial charge in [0.05, 0.1) is 23.4 Å². The van der Waals surface area contributed by atoms with Gasteiger partial charge in [-0.1, -0.05) is 65.8 Å². The third-order valence-corrected chi connectivity index (χ3v) is 14.1. The van der Waals surface area contributed by atoms with E-state index in [1.165, 1.54) is 14.2 Å². The Bertz CT molecular complexity index is 2060. The standard InChI is InChI=1S/C38H44O7P2/c1-21-15-23(37(3,4)5)17-27-29(21)19-45-47(42)35-25(11-13-31(39)33(27)35)26-12-14-32(40)34(36(26)47)28-18-24(38(6,7)8)16-22(2)30(28)20-46(41,43-9)44-10/h11-18,39-40H,19-20H2,1-10H3. The Labute approximate surface area is 277 Å². The van der Waals surface area contributed by atoms with Crippen LogP contribution in [0.15, 0.2) is 48.5 Å². The number of rotatable bonds is 5. The SMILES string of the molecule is COP(=O)(Cc1c(C)cc(C(C)(C)C)cc1-c1c(O)ccc2c1P1(=O)OCc3c(C)cc(C(C)(C)C)cc3-c3c(O)ccc-2c31)OC. The quantitative estimate of drug-likeness (QED) is 0.203. The molecule has 1 unspecified atom stereocenters. The van der Waals surface area contributed by atoms with Crippen molar-refractivity contribution >= 4 is 25.6 Å². The number of hydrogen-bond donors (Lipinski definition) is 2. The van der Waals surface area contributed by atoms with Crippen molar-refractivity contribution in [3.8, 4) is 44.9 Å². The molecule has 2 aliphatic heterocycles. The molecule has 0 radical (unpaired) electrons. The van der Waals surface area contributed by atoms with Crippen LogP contribution in [-0.2, 0) is 46.3 Å². The van der Waals surface area contributed by atoms with Gasteiger partial charge >= 0.3 is 7.60 Å². The van der Waals surface area contributed by atoms with Gasteiger partial charge in [-0.2, -0.15) is 0 Å². The molecule has 0 bridgehead atoms. The van der Waals surface area contributed by atoms with E-state index in [1.54, 1.807) is 24.3 Å². The maximum atomic E-state index is 15.8. The van der Waals surface area contributed by atoms with E-state index in [0.717, 1.165) is 33.4 Å². The van der Waals surface area contributed by atoms with Crippen LogP contribution in [0.1, 0.15) is 74.9 Å². The van der Waals surface area contributed by atoms with Gasteiger partial charge in [0.2, 0.25) is 0 Å². The zero-order valence-corrected chi connectivity index (χ0v) is 30.7. The average molecular weight is 675 g/mol. The van der Waals surface area contributed by atoms with Crippen molar-refractivity contribution in [1.29, 1.82) is 0 Å². The van der Waals surface area contributed by atoms with E-state index in [9.17, 15) is 14.8 Å². The Kier molecular flexibility index (Phi) is 8.02. The van der Waals surface area contributed by atoms with Crippen LogP contribution in [0, 0.1) is 13.8 Å². The van der Waals surface area contributed by atoms with Crippen LogP contribution in [0.3, 0.4) is 0 Å². The summed E-state index contributed by atoms with van der Waals surface area (Å²) in [4.78, 5) is 0. The molecule has 47 heavy (non-hydrogen) atoms. The predicted molar refractivity (Wildman–Crippen MR) is 190 cm³/mol. The first kappa shape index (κ1) is 33.7. The first-order chi connectivity index (χ1) is 21.8. The van der Waals surface area contributed by atoms with Crippen LogP contribution in [0.2, 0.25) is 0 Å². The summed E-state index contributed by atoms with van der Waals surface area (Å²) in [5, 5.41) is 24.1. The minimum atomic E-state index is -3.95. The second kappa shape index (κ2) is 11.2. The van der Waals surface area contributed by atoms with Crippen molar-refractivity contribution < 1.29 is 32.9 Å². The van der Waals surface area contributed by atoms with Gasteiger partial charge in [0.1, 0.15) is 11.5 Å². The van der Waals surface area contributed by atoms with Gasteiger partial charge in [0.25, 0.3) is 7.37 Å². The third kappa shape index (κ3) is 5.32. The average Bonchev–Trinajstić information content (AvgIpc) is 3.14. The van der Waals surface area contributed by atoms with Crippen LogP contribution in [0.5, 0.6) is 11.5 Å². The van der Waals surface area contributed by atoms with Gasteiger partial charge in [-0.3, -0.25) is 9.13 Å². The Morgan fingerprint density at radius 1 is 0.745 bits per heavy atom. The van der Waals surface area contributed by atoms with Gasteiger partial charge in [-0.15, -0.1) is 0 Å². The summed E-state index contributed by atoms with van der Waals surface area (Å²) in [6.45, 7) is 16.7. The molecule has 0 spiro atoms. The lowest BCUT2D eigenvalue weighted by Gasteiger charge is -2.26. The Balaban J connectivity index is 1.71. The molecule has 0 amide bonds. The van der Waals surface area contributed by atoms with E-state index in [0.29, 0.717) is 44.0 Å². The van der Waals surface area contributed by atoms with Gasteiger partial charge in [0.15, 0.2) is 0 Å². The fourth-order valence-electron chi connectivity index (χ4n) is 6.88. The summed E-state index contributed by atoms with van der Waals surface area (Å²) in [7, 11) is -4.79. The summed E-state index contributed by atoms with van der Waals surface area (Å²) in [6.07, 6.45) is -0.0565. The molecule has 4 aromatic rings. The molecule has 4 aromatic carbocycles. The molecule has 0 saturated carbocycles. The van der Waals surface area contributed by atoms with E-state index in [1.807, 2.05) is 19.9 Å². The minimum absolute atomic E-state index is 0.0205. The van der Waals surface area contributed by atoms with Gasteiger partial charge in [-0.25, -0.2) is 0 Å². The molecular formula is C38H44O7P2. The molecule has 2 aliphatic rings. The van der Waals surface area contributed by atoms with Crippen molar-refractivity contribution in [2.24, 2.45) is 0 Å². The second-order valence-electron chi connectivity index (χ2n) is 14.8. The fourth-order valence-corrected chi connectivity index (χ4v) is 11.0. The largest absolute Gasteiger partial charge is 0.507 e. The predicted octanol–water partition coefficient (Wildman–Crippen LogP) is 9.37. The Hall–Kier alpha value is -3.18. The number of aromatic hydroxyl groups is 2. The Morgan fingerprint density at radius 2 is 1.21 bits per heavy atom. The van der Waals surface area contributed by atoms with Crippen molar-refractivity contribution in [2.75, 3.05) is 14.2 Å². The fraction of sp³-hybridized carbons (Fsp3) is 0.368. The van der Waals surface area contributed by atoms with E-state index < -0.39 is 15.0 Å². The van der Waals surface area contributed by atoms with Crippen LogP contribution in [-0.4, -0.2) is 24.4 Å². The molecule has 0 fully saturated rings. The van der Waals surface area contributed by atoms with Crippen molar-refractivity contribution in [3.63, 3.8) is 0 Å². The van der Waals surface area contributed by atoms with Crippen molar-refractivity contribution in [3.05, 3.63) is 81.9 Å². The highest BCUT2D eigenvalue weighted by Gasteiger charge is 2.48. The van der Waals surface area contributed by atoms with Crippen LogP contribution < -0.4 is 10.6 Å². The zero-order valence-electron chi connectivity index (χ0n) is 28.9. The minimum Gasteiger partial charge on any atom is -0.507 e. The van der Waals surface area contributed by atoms with Gasteiger partial charge in [-0.05, 0) is 105 Å². The number of benzene rings is 4. The van der Waals surface area contributed by atoms with Crippen LogP contribution >= 0.6 is 15.0 Å². The number of fused-ring (bicyclic) bond motifs is 5. The zero-order chi connectivity index (χ0) is 34.4. The van der Waals surface area contributed by atoms with Gasteiger partial charge in [0, 0.05) is 25.3 Å². The highest BCUT2D eigenvalue weighted by atomic mass is 31.2. The molecule has 7 nitrogen and oxygen atoms in total. The molecule has 1 atom stereocenters. The van der Waals surface area contributed by atoms with Gasteiger partial charge < -0.3 is 23.8 Å². The number of hydrogen-bond acceptors (Lipinski definition) is 7. The lowest BCUT2D eigenvalue weighted by molar-refractivity contribution is 0.274. The number of phenolic OH excluding ortho intramolecular Hbond substituents is 2. The first-order valence-corrected chi connectivity index (χ1v) is 19.2. The first-order valence-electron chi connectivity index (χ1n) is 15.8. The van der Waals surface area contributed by atoms with E-state index in [-0.39, 0.29) is 35.1 Å². The molecule has 0 saturated heterocycles. The molecule has 2 heterocycles. The smallest absolute Gasteiger partial charge is 0.334 e. The summed E-state index contributed by atoms with van der Waals surface area (Å²) >= 11 is 0. The normalized spacial score (nSPS) is 17.2. The maximum absolute atomic E-state index is 15.8. The van der Waals surface area contributed by atoms with E-state index >= 15 is 4.57 Å². The highest BCUT2D eigenvalue weighted by Crippen LogP contribution is 2.63.